The molecule has 6 nitrogen and oxygen atoms in total. The number of carbonyl (C=O) groups is 2. The summed E-state index contributed by atoms with van der Waals surface area (Å²) in [5.41, 5.74) is 0.993. The summed E-state index contributed by atoms with van der Waals surface area (Å²) in [6, 6.07) is 0.356. The summed E-state index contributed by atoms with van der Waals surface area (Å²) in [5, 5.41) is 3.97. The first-order valence-corrected chi connectivity index (χ1v) is 9.94. The van der Waals surface area contributed by atoms with Crippen LogP contribution in [0.2, 0.25) is 0 Å². The average molecular weight is 350 g/mol. The number of hydrogen-bond donors (Lipinski definition) is 1. The molecule has 2 fully saturated rings. The van der Waals surface area contributed by atoms with Crippen LogP contribution in [0.3, 0.4) is 0 Å². The van der Waals surface area contributed by atoms with E-state index in [9.17, 15) is 9.59 Å². The molecule has 1 saturated heterocycles. The first kappa shape index (κ1) is 17.3. The third-order valence-electron chi connectivity index (χ3n) is 5.25. The summed E-state index contributed by atoms with van der Waals surface area (Å²) in [5.74, 6) is 0.191. The van der Waals surface area contributed by atoms with E-state index in [-0.39, 0.29) is 17.7 Å². The van der Waals surface area contributed by atoms with Crippen molar-refractivity contribution in [2.45, 2.75) is 56.3 Å². The van der Waals surface area contributed by atoms with Gasteiger partial charge in [-0.3, -0.25) is 9.59 Å². The molecule has 1 aromatic heterocycles. The van der Waals surface area contributed by atoms with Crippen LogP contribution < -0.4 is 5.32 Å². The molecular weight excluding hydrogens is 324 g/mol. The number of thioether (sulfide) groups is 1. The van der Waals surface area contributed by atoms with Crippen LogP contribution in [0.25, 0.3) is 0 Å². The number of imidazole rings is 1. The van der Waals surface area contributed by atoms with Gasteiger partial charge < -0.3 is 14.8 Å². The summed E-state index contributed by atoms with van der Waals surface area (Å²) in [4.78, 5) is 31.0. The summed E-state index contributed by atoms with van der Waals surface area (Å²) in [7, 11) is 1.96. The Bertz CT molecular complexity index is 610. The van der Waals surface area contributed by atoms with Gasteiger partial charge in [-0.1, -0.05) is 24.6 Å². The van der Waals surface area contributed by atoms with Gasteiger partial charge in [-0.15, -0.1) is 0 Å². The molecule has 3 rings (SSSR count). The van der Waals surface area contributed by atoms with E-state index in [2.05, 4.69) is 10.3 Å². The Hall–Kier alpha value is -1.50. The van der Waals surface area contributed by atoms with Crippen molar-refractivity contribution in [3.05, 3.63) is 11.9 Å². The summed E-state index contributed by atoms with van der Waals surface area (Å²) < 4.78 is 2.00. The minimum atomic E-state index is -0.0865. The second kappa shape index (κ2) is 7.59. The fourth-order valence-electron chi connectivity index (χ4n) is 3.76. The Labute approximate surface area is 147 Å². The van der Waals surface area contributed by atoms with Crippen molar-refractivity contribution in [2.24, 2.45) is 13.0 Å². The fraction of sp³-hybridized carbons (Fsp3) is 0.706. The molecule has 0 radical (unpaired) electrons. The number of carbonyl (C=O) groups excluding carboxylic acids is 2. The Morgan fingerprint density at radius 1 is 1.38 bits per heavy atom. The maximum absolute atomic E-state index is 12.5. The van der Waals surface area contributed by atoms with E-state index < -0.39 is 0 Å². The highest BCUT2D eigenvalue weighted by Crippen LogP contribution is 2.28. The van der Waals surface area contributed by atoms with E-state index >= 15 is 0 Å². The molecule has 1 N–H and O–H groups in total. The molecule has 2 aliphatic rings. The van der Waals surface area contributed by atoms with Gasteiger partial charge in [-0.05, 0) is 25.5 Å². The SMILES string of the molecule is CSc1ncc(CNC(=O)[C@@H]2CCC(=O)N(C3CCCC3)C2)n1C. The van der Waals surface area contributed by atoms with Crippen molar-refractivity contribution in [3.63, 3.8) is 0 Å². The largest absolute Gasteiger partial charge is 0.350 e. The summed E-state index contributed by atoms with van der Waals surface area (Å²) >= 11 is 1.59. The molecule has 1 atom stereocenters. The molecule has 2 amide bonds. The lowest BCUT2D eigenvalue weighted by molar-refractivity contribution is -0.140. The van der Waals surface area contributed by atoms with Crippen molar-refractivity contribution < 1.29 is 9.59 Å². The molecule has 1 aromatic rings. The third kappa shape index (κ3) is 3.61. The number of amides is 2. The number of piperidine rings is 1. The zero-order valence-electron chi connectivity index (χ0n) is 14.5. The topological polar surface area (TPSA) is 67.2 Å². The van der Waals surface area contributed by atoms with Gasteiger partial charge in [0, 0.05) is 26.1 Å². The van der Waals surface area contributed by atoms with E-state index in [4.69, 9.17) is 0 Å². The number of rotatable bonds is 5. The predicted molar refractivity (Wildman–Crippen MR) is 93.5 cm³/mol. The van der Waals surface area contributed by atoms with E-state index in [1.54, 1.807) is 18.0 Å². The first-order chi connectivity index (χ1) is 11.6. The van der Waals surface area contributed by atoms with Crippen LogP contribution in [0.5, 0.6) is 0 Å². The normalized spacial score (nSPS) is 22.2. The Morgan fingerprint density at radius 2 is 2.12 bits per heavy atom. The maximum atomic E-state index is 12.5. The van der Waals surface area contributed by atoms with Crippen molar-refractivity contribution in [1.29, 1.82) is 0 Å². The van der Waals surface area contributed by atoms with Gasteiger partial charge >= 0.3 is 0 Å². The number of hydrogen-bond acceptors (Lipinski definition) is 4. The van der Waals surface area contributed by atoms with Crippen LogP contribution in [-0.4, -0.2) is 45.1 Å². The Balaban J connectivity index is 1.56. The van der Waals surface area contributed by atoms with E-state index in [0.29, 0.717) is 32.0 Å². The zero-order chi connectivity index (χ0) is 17.1. The van der Waals surface area contributed by atoms with Crippen LogP contribution in [0.1, 0.15) is 44.2 Å². The standard InChI is InChI=1S/C17H26N4O2S/c1-20-14(10-19-17(20)24-2)9-18-16(23)12-7-8-15(22)21(11-12)13-5-3-4-6-13/h10,12-13H,3-9,11H2,1-2H3,(H,18,23)/t12-/m1/s1. The average Bonchev–Trinajstić information content (AvgIpc) is 3.23. The molecule has 132 valence electrons. The molecule has 7 heteroatoms. The van der Waals surface area contributed by atoms with Gasteiger partial charge in [-0.25, -0.2) is 4.98 Å². The second-order valence-electron chi connectivity index (χ2n) is 6.73. The number of nitrogens with zero attached hydrogens (tertiary/aromatic N) is 3. The minimum absolute atomic E-state index is 0.0531. The predicted octanol–water partition coefficient (Wildman–Crippen LogP) is 1.94. The quantitative estimate of drug-likeness (QED) is 0.824. The highest BCUT2D eigenvalue weighted by Gasteiger charge is 2.35. The number of likely N-dealkylation sites (tertiary alicyclic amines) is 1. The van der Waals surface area contributed by atoms with Gasteiger partial charge in [0.15, 0.2) is 5.16 Å². The monoisotopic (exact) mass is 350 g/mol. The minimum Gasteiger partial charge on any atom is -0.350 e. The molecule has 1 aliphatic carbocycles. The summed E-state index contributed by atoms with van der Waals surface area (Å²) in [6.07, 6.45) is 9.53. The molecule has 2 heterocycles. The summed E-state index contributed by atoms with van der Waals surface area (Å²) in [6.45, 7) is 1.06. The van der Waals surface area contributed by atoms with Crippen LogP contribution in [0.4, 0.5) is 0 Å². The van der Waals surface area contributed by atoms with Gasteiger partial charge in [0.25, 0.3) is 0 Å². The second-order valence-corrected chi connectivity index (χ2v) is 7.51. The molecule has 1 aliphatic heterocycles. The number of aromatic nitrogens is 2. The van der Waals surface area contributed by atoms with E-state index in [1.165, 1.54) is 12.8 Å². The van der Waals surface area contributed by atoms with Crippen LogP contribution in [0.15, 0.2) is 11.4 Å². The van der Waals surface area contributed by atoms with Gasteiger partial charge in [0.2, 0.25) is 11.8 Å². The lowest BCUT2D eigenvalue weighted by Crippen LogP contribution is -2.49. The first-order valence-electron chi connectivity index (χ1n) is 8.72. The zero-order valence-corrected chi connectivity index (χ0v) is 15.3. The lowest BCUT2D eigenvalue weighted by atomic mass is 9.95. The maximum Gasteiger partial charge on any atom is 0.225 e. The van der Waals surface area contributed by atoms with Crippen LogP contribution >= 0.6 is 11.8 Å². The molecular formula is C17H26N4O2S. The lowest BCUT2D eigenvalue weighted by Gasteiger charge is -2.36. The highest BCUT2D eigenvalue weighted by molar-refractivity contribution is 7.98. The van der Waals surface area contributed by atoms with Crippen molar-refractivity contribution in [1.82, 2.24) is 19.8 Å². The van der Waals surface area contributed by atoms with Crippen molar-refractivity contribution >= 4 is 23.6 Å². The van der Waals surface area contributed by atoms with Gasteiger partial charge in [0.05, 0.1) is 24.4 Å². The molecule has 0 aromatic carbocycles. The molecule has 0 bridgehead atoms. The number of nitrogens with one attached hydrogen (secondary N) is 1. The fourth-order valence-corrected chi connectivity index (χ4v) is 4.31. The van der Waals surface area contributed by atoms with Gasteiger partial charge in [-0.2, -0.15) is 0 Å². The third-order valence-corrected chi connectivity index (χ3v) is 5.99. The molecule has 1 saturated carbocycles. The molecule has 0 spiro atoms. The molecule has 0 unspecified atom stereocenters. The van der Waals surface area contributed by atoms with Crippen molar-refractivity contribution in [3.8, 4) is 0 Å². The van der Waals surface area contributed by atoms with Crippen LogP contribution in [0, 0.1) is 5.92 Å². The van der Waals surface area contributed by atoms with Crippen molar-refractivity contribution in [2.75, 3.05) is 12.8 Å². The highest BCUT2D eigenvalue weighted by atomic mass is 32.2. The Kier molecular flexibility index (Phi) is 5.48. The van der Waals surface area contributed by atoms with Gasteiger partial charge in [0.1, 0.15) is 0 Å². The molecule has 24 heavy (non-hydrogen) atoms. The smallest absolute Gasteiger partial charge is 0.225 e. The van der Waals surface area contributed by atoms with Crippen LogP contribution in [-0.2, 0) is 23.2 Å². The Morgan fingerprint density at radius 3 is 2.79 bits per heavy atom. The van der Waals surface area contributed by atoms with E-state index in [0.717, 1.165) is 23.7 Å². The van der Waals surface area contributed by atoms with E-state index in [1.807, 2.05) is 22.8 Å².